The molecule has 0 bridgehead atoms. The highest BCUT2D eigenvalue weighted by molar-refractivity contribution is 6.20. The van der Waals surface area contributed by atoms with Gasteiger partial charge in [-0.3, -0.25) is 25.2 Å². The summed E-state index contributed by atoms with van der Waals surface area (Å²) in [6, 6.07) is 16.7. The number of anilines is 1. The number of allylic oxidation sites excluding steroid dienone is 2. The Bertz CT molecular complexity index is 1630. The number of carbonyl (C=O) groups is 1. The number of ether oxygens (including phenoxy) is 3. The molecule has 0 fully saturated rings. The van der Waals surface area contributed by atoms with Gasteiger partial charge in [0, 0.05) is 46.9 Å². The van der Waals surface area contributed by atoms with Crippen LogP contribution in [0, 0.1) is 22.4 Å². The van der Waals surface area contributed by atoms with Crippen molar-refractivity contribution in [2.45, 2.75) is 32.1 Å². The normalized spacial score (nSPS) is 18.0. The van der Waals surface area contributed by atoms with E-state index in [2.05, 4.69) is 0 Å². The Labute approximate surface area is 243 Å². The number of carbonyl (C=O) groups excluding carboxylic acids is 1. The number of rotatable bonds is 7. The quantitative estimate of drug-likeness (QED) is 0.187. The lowest BCUT2D eigenvalue weighted by Gasteiger charge is -2.42. The Morgan fingerprint density at radius 1 is 1.00 bits per heavy atom. The highest BCUT2D eigenvalue weighted by atomic mass is 16.6. The summed E-state index contributed by atoms with van der Waals surface area (Å²) >= 11 is 0. The number of methoxy groups -OCH3 is 3. The lowest BCUT2D eigenvalue weighted by molar-refractivity contribution is -0.384. The van der Waals surface area contributed by atoms with Crippen LogP contribution in [0.4, 0.5) is 11.4 Å². The minimum Gasteiger partial charge on any atom is -0.507 e. The molecule has 2 N–H and O–H groups in total. The van der Waals surface area contributed by atoms with Crippen LogP contribution in [0.2, 0.25) is 0 Å². The summed E-state index contributed by atoms with van der Waals surface area (Å²) < 4.78 is 16.7. The fourth-order valence-corrected chi connectivity index (χ4v) is 5.76. The van der Waals surface area contributed by atoms with Crippen molar-refractivity contribution in [2.24, 2.45) is 0 Å². The van der Waals surface area contributed by atoms with Crippen LogP contribution >= 0.6 is 0 Å². The second-order valence-electron chi connectivity index (χ2n) is 10.1. The first-order valence-corrected chi connectivity index (χ1v) is 13.4. The molecule has 10 nitrogen and oxygen atoms in total. The molecule has 0 saturated heterocycles. The Kier molecular flexibility index (Phi) is 7.71. The number of amidine groups is 1. The van der Waals surface area contributed by atoms with Crippen molar-refractivity contribution in [3.8, 4) is 17.2 Å². The molecule has 216 valence electrons. The molecule has 42 heavy (non-hydrogen) atoms. The Morgan fingerprint density at radius 3 is 2.26 bits per heavy atom. The van der Waals surface area contributed by atoms with E-state index in [9.17, 15) is 25.4 Å². The van der Waals surface area contributed by atoms with Gasteiger partial charge < -0.3 is 19.3 Å². The Balaban J connectivity index is 1.89. The largest absolute Gasteiger partial charge is 0.507 e. The average Bonchev–Trinajstić information content (AvgIpc) is 3.00. The second kappa shape index (κ2) is 11.4. The first-order valence-electron chi connectivity index (χ1n) is 13.4. The lowest BCUT2D eigenvalue weighted by Crippen LogP contribution is -2.42. The maximum atomic E-state index is 13.8. The fourth-order valence-electron chi connectivity index (χ4n) is 5.76. The van der Waals surface area contributed by atoms with E-state index in [0.717, 1.165) is 0 Å². The number of nitrogens with zero attached hydrogens (tertiary/aromatic N) is 2. The number of ketones is 1. The van der Waals surface area contributed by atoms with Crippen molar-refractivity contribution >= 4 is 28.8 Å². The highest BCUT2D eigenvalue weighted by Crippen LogP contribution is 2.51. The molecule has 1 heterocycles. The van der Waals surface area contributed by atoms with Gasteiger partial charge in [-0.2, -0.15) is 0 Å². The van der Waals surface area contributed by atoms with Gasteiger partial charge in [-0.1, -0.05) is 36.4 Å². The molecule has 0 saturated carbocycles. The number of aryl methyl sites for hydroxylation is 1. The maximum Gasteiger partial charge on any atom is 0.271 e. The van der Waals surface area contributed by atoms with Gasteiger partial charge in [0.15, 0.2) is 17.3 Å². The second-order valence-corrected chi connectivity index (χ2v) is 10.1. The van der Waals surface area contributed by atoms with Crippen LogP contribution < -0.4 is 19.1 Å². The number of aliphatic hydroxyl groups excluding tert-OH is 1. The standard InChI is InChI=1S/C32H31N3O7/c1-18-13-14-21(35(38)39)17-23(18)34-22-11-8-12-24(36)28(22)27(20-15-25(40-2)31(42-4)26(16-20)41-3)29(32(34)33)30(37)19-9-6-5-7-10-19/h5-7,9-10,13-17,27,33,37H,8,11-12H2,1-4H3/b30-29+,33-32?. The third kappa shape index (κ3) is 4.74. The molecule has 0 radical (unpaired) electrons. The van der Waals surface area contributed by atoms with E-state index in [-0.39, 0.29) is 35.1 Å². The molecule has 1 aliphatic heterocycles. The number of non-ortho nitro benzene ring substituents is 1. The van der Waals surface area contributed by atoms with Crippen molar-refractivity contribution in [3.63, 3.8) is 0 Å². The van der Waals surface area contributed by atoms with Crippen LogP contribution in [0.1, 0.15) is 41.9 Å². The van der Waals surface area contributed by atoms with Crippen LogP contribution in [-0.4, -0.2) is 43.0 Å². The van der Waals surface area contributed by atoms with Crippen LogP contribution in [-0.2, 0) is 4.79 Å². The molecule has 1 aliphatic carbocycles. The van der Waals surface area contributed by atoms with E-state index >= 15 is 0 Å². The molecule has 1 unspecified atom stereocenters. The summed E-state index contributed by atoms with van der Waals surface area (Å²) in [6.45, 7) is 1.79. The van der Waals surface area contributed by atoms with Crippen LogP contribution in [0.25, 0.3) is 5.76 Å². The average molecular weight is 570 g/mol. The van der Waals surface area contributed by atoms with Gasteiger partial charge in [-0.05, 0) is 43.0 Å². The smallest absolute Gasteiger partial charge is 0.271 e. The zero-order valence-corrected chi connectivity index (χ0v) is 23.8. The minimum atomic E-state index is -0.857. The first-order chi connectivity index (χ1) is 20.2. The van der Waals surface area contributed by atoms with Crippen molar-refractivity contribution < 1.29 is 29.0 Å². The summed E-state index contributed by atoms with van der Waals surface area (Å²) in [4.78, 5) is 26.6. The van der Waals surface area contributed by atoms with Crippen molar-refractivity contribution in [1.29, 1.82) is 5.41 Å². The Morgan fingerprint density at radius 2 is 1.67 bits per heavy atom. The zero-order valence-electron chi connectivity index (χ0n) is 23.8. The molecule has 1 atom stereocenters. The summed E-state index contributed by atoms with van der Waals surface area (Å²) in [5.74, 6) is -0.174. The van der Waals surface area contributed by atoms with Gasteiger partial charge >= 0.3 is 0 Å². The van der Waals surface area contributed by atoms with E-state index in [1.807, 2.05) is 6.07 Å². The lowest BCUT2D eigenvalue weighted by atomic mass is 9.73. The third-order valence-electron chi connectivity index (χ3n) is 7.72. The molecule has 3 aromatic carbocycles. The molecule has 5 rings (SSSR count). The summed E-state index contributed by atoms with van der Waals surface area (Å²) in [7, 11) is 4.48. The van der Waals surface area contributed by atoms with E-state index in [1.54, 1.807) is 54.3 Å². The maximum absolute atomic E-state index is 13.8. The van der Waals surface area contributed by atoms with Crippen LogP contribution in [0.5, 0.6) is 17.2 Å². The van der Waals surface area contributed by atoms with E-state index in [4.69, 9.17) is 14.2 Å². The number of aliphatic hydroxyl groups is 1. The monoisotopic (exact) mass is 569 g/mol. The molecule has 0 aromatic heterocycles. The van der Waals surface area contributed by atoms with Crippen molar-refractivity contribution in [3.05, 3.63) is 104 Å². The Hall–Kier alpha value is -5.12. The minimum absolute atomic E-state index is 0.0906. The number of Topliss-reactive ketones (excluding diaryl/α,β-unsaturated/α-hetero) is 1. The number of nitrogens with one attached hydrogen (secondary N) is 1. The summed E-state index contributed by atoms with van der Waals surface area (Å²) in [5.41, 5.74) is 3.12. The van der Waals surface area contributed by atoms with E-state index in [1.165, 1.54) is 33.5 Å². The van der Waals surface area contributed by atoms with E-state index in [0.29, 0.717) is 63.7 Å². The van der Waals surface area contributed by atoms with Gasteiger partial charge in [-0.25, -0.2) is 0 Å². The number of nitro benzene ring substituents is 1. The zero-order chi connectivity index (χ0) is 30.1. The summed E-state index contributed by atoms with van der Waals surface area (Å²) in [5, 5.41) is 33.1. The predicted octanol–water partition coefficient (Wildman–Crippen LogP) is 6.49. The highest BCUT2D eigenvalue weighted by Gasteiger charge is 2.44. The van der Waals surface area contributed by atoms with Gasteiger partial charge in [0.25, 0.3) is 5.69 Å². The van der Waals surface area contributed by atoms with Gasteiger partial charge in [-0.15, -0.1) is 0 Å². The molecule has 0 amide bonds. The molecule has 3 aromatic rings. The van der Waals surface area contributed by atoms with Crippen molar-refractivity contribution in [2.75, 3.05) is 26.2 Å². The van der Waals surface area contributed by atoms with Gasteiger partial charge in [0.2, 0.25) is 5.75 Å². The molecular formula is C32H31N3O7. The van der Waals surface area contributed by atoms with Crippen LogP contribution in [0.3, 0.4) is 0 Å². The predicted molar refractivity (Wildman–Crippen MR) is 159 cm³/mol. The molecule has 10 heteroatoms. The molecular weight excluding hydrogens is 538 g/mol. The molecule has 0 spiro atoms. The third-order valence-corrected chi connectivity index (χ3v) is 7.72. The topological polar surface area (TPSA) is 135 Å². The van der Waals surface area contributed by atoms with Crippen molar-refractivity contribution in [1.82, 2.24) is 0 Å². The number of nitro groups is 1. The number of hydrogen-bond acceptors (Lipinski definition) is 8. The van der Waals surface area contributed by atoms with Gasteiger partial charge in [0.05, 0.1) is 31.9 Å². The van der Waals surface area contributed by atoms with E-state index < -0.39 is 10.8 Å². The number of hydrogen-bond donors (Lipinski definition) is 2. The number of benzene rings is 3. The molecule has 2 aliphatic rings. The van der Waals surface area contributed by atoms with Gasteiger partial charge in [0.1, 0.15) is 11.6 Å². The fraction of sp³-hybridized carbons (Fsp3) is 0.250. The van der Waals surface area contributed by atoms with Crippen LogP contribution in [0.15, 0.2) is 77.5 Å². The first kappa shape index (κ1) is 28.4. The SMILES string of the molecule is COc1cc(C2C3=C(CCCC3=O)N(c3cc([N+](=O)[O-])ccc3C)C(=N)/C2=C(/O)c2ccccc2)cc(OC)c1OC. The summed E-state index contributed by atoms with van der Waals surface area (Å²) in [6.07, 6.45) is 1.31.